The van der Waals surface area contributed by atoms with Gasteiger partial charge in [0.05, 0.1) is 0 Å². The van der Waals surface area contributed by atoms with Crippen LogP contribution in [0.2, 0.25) is 0 Å². The molecule has 2 aromatic rings. The van der Waals surface area contributed by atoms with Crippen LogP contribution >= 0.6 is 11.8 Å². The predicted octanol–water partition coefficient (Wildman–Crippen LogP) is 9.56. The highest BCUT2D eigenvalue weighted by atomic mass is 32.2. The molecule has 3 N–H and O–H groups in total. The lowest BCUT2D eigenvalue weighted by molar-refractivity contribution is -0.121. The Morgan fingerprint density at radius 3 is 1.64 bits per heavy atom. The number of amides is 1. The van der Waals surface area contributed by atoms with E-state index in [2.05, 4.69) is 41.7 Å². The number of nitrogens with one attached hydrogen (secondary N) is 2. The van der Waals surface area contributed by atoms with Crippen molar-refractivity contribution in [3.63, 3.8) is 0 Å². The maximum absolute atomic E-state index is 13.5. The van der Waals surface area contributed by atoms with Gasteiger partial charge in [-0.1, -0.05) is 101 Å². The van der Waals surface area contributed by atoms with Gasteiger partial charge >= 0.3 is 6.09 Å². The average molecular weight is 749 g/mol. The molecule has 4 rings (SSSR count). The molecule has 3 unspecified atom stereocenters. The molecule has 2 aromatic carbocycles. The van der Waals surface area contributed by atoms with Crippen LogP contribution in [-0.4, -0.2) is 53.7 Å². The second-order valence-electron chi connectivity index (χ2n) is 15.0. The highest BCUT2D eigenvalue weighted by molar-refractivity contribution is 7.99. The van der Waals surface area contributed by atoms with Crippen LogP contribution in [-0.2, 0) is 9.68 Å². The van der Waals surface area contributed by atoms with Crippen molar-refractivity contribution in [2.24, 2.45) is 34.0 Å². The first-order valence-electron chi connectivity index (χ1n) is 19.8. The Morgan fingerprint density at radius 2 is 1.17 bits per heavy atom. The molecule has 0 bridgehead atoms. The number of benzene rings is 2. The van der Waals surface area contributed by atoms with Crippen molar-refractivity contribution in [1.29, 1.82) is 0 Å². The van der Waals surface area contributed by atoms with Crippen molar-refractivity contribution in [2.75, 3.05) is 13.1 Å². The van der Waals surface area contributed by atoms with E-state index in [4.69, 9.17) is 9.68 Å². The largest absolute Gasteiger partial charge is 0.433 e. The van der Waals surface area contributed by atoms with E-state index in [9.17, 15) is 19.5 Å². The highest BCUT2D eigenvalue weighted by Gasteiger charge is 2.22. The summed E-state index contributed by atoms with van der Waals surface area (Å²) in [6, 6.07) is 14.6. The Balaban J connectivity index is 1.34. The summed E-state index contributed by atoms with van der Waals surface area (Å²) in [4.78, 5) is 51.8. The van der Waals surface area contributed by atoms with Gasteiger partial charge < -0.3 is 15.3 Å². The van der Waals surface area contributed by atoms with Crippen LogP contribution in [0.3, 0.4) is 0 Å². The number of hydrogen-bond donors (Lipinski definition) is 3. The van der Waals surface area contributed by atoms with Crippen LogP contribution in [0.25, 0.3) is 0 Å². The van der Waals surface area contributed by atoms with Crippen molar-refractivity contribution in [3.05, 3.63) is 59.7 Å². The molecule has 290 valence electrons. The number of aliphatic hydroxyl groups excluding tert-OH is 1. The van der Waals surface area contributed by atoms with E-state index in [1.807, 2.05) is 31.2 Å². The van der Waals surface area contributed by atoms with E-state index in [1.165, 1.54) is 50.3 Å². The lowest BCUT2D eigenvalue weighted by Gasteiger charge is -2.22. The minimum Gasteiger partial charge on any atom is -0.346 e. The van der Waals surface area contributed by atoms with E-state index >= 15 is 0 Å². The number of nitrogens with zero attached hydrogens (tertiary/aromatic N) is 2. The number of oxime groups is 2. The molecule has 0 radical (unpaired) electrons. The monoisotopic (exact) mass is 748 g/mol. The number of carbonyl (C=O) groups is 3. The van der Waals surface area contributed by atoms with Crippen LogP contribution < -0.4 is 10.6 Å². The molecule has 0 spiro atoms. The molecular weight excluding hydrogens is 689 g/mol. The van der Waals surface area contributed by atoms with Gasteiger partial charge in [-0.2, -0.15) is 0 Å². The third-order valence-electron chi connectivity index (χ3n) is 10.5. The zero-order valence-corrected chi connectivity index (χ0v) is 32.9. The number of carbonyl (C=O) groups excluding carboxylic acids is 3. The Bertz CT molecular complexity index is 1500. The topological polar surface area (TPSA) is 139 Å². The minimum absolute atomic E-state index is 0.195. The zero-order chi connectivity index (χ0) is 38.0. The maximum Gasteiger partial charge on any atom is 0.433 e. The zero-order valence-electron chi connectivity index (χ0n) is 32.1. The SMILES string of the molecule is CCC(C)C/C(=N\OC(=O)NCC1CCCCC1)C(=O)c1ccc(Sc2ccc(C(=O)/C(CC(C)CC)=N/OC(O)NCC3CCCCC3)cc2)cc1. The van der Waals surface area contributed by atoms with E-state index in [0.717, 1.165) is 48.3 Å². The molecule has 3 atom stereocenters. The summed E-state index contributed by atoms with van der Waals surface area (Å²) in [5.74, 6) is 0.899. The van der Waals surface area contributed by atoms with Gasteiger partial charge in [0.1, 0.15) is 11.4 Å². The molecule has 0 heterocycles. The van der Waals surface area contributed by atoms with Gasteiger partial charge in [0.25, 0.3) is 6.41 Å². The lowest BCUT2D eigenvalue weighted by atomic mass is 9.89. The smallest absolute Gasteiger partial charge is 0.346 e. The summed E-state index contributed by atoms with van der Waals surface area (Å²) in [5, 5.41) is 24.3. The first-order chi connectivity index (χ1) is 25.6. The van der Waals surface area contributed by atoms with Crippen LogP contribution in [0.4, 0.5) is 4.79 Å². The van der Waals surface area contributed by atoms with Gasteiger partial charge in [0, 0.05) is 34.0 Å². The van der Waals surface area contributed by atoms with Crippen LogP contribution in [0, 0.1) is 23.7 Å². The van der Waals surface area contributed by atoms with E-state index < -0.39 is 12.5 Å². The highest BCUT2D eigenvalue weighted by Crippen LogP contribution is 2.29. The molecule has 2 aliphatic carbocycles. The second-order valence-corrected chi connectivity index (χ2v) is 16.1. The third-order valence-corrected chi connectivity index (χ3v) is 11.6. The van der Waals surface area contributed by atoms with Gasteiger partial charge in [-0.25, -0.2) is 4.79 Å². The van der Waals surface area contributed by atoms with Gasteiger partial charge in [0.2, 0.25) is 11.6 Å². The molecule has 53 heavy (non-hydrogen) atoms. The van der Waals surface area contributed by atoms with Gasteiger partial charge in [-0.15, -0.1) is 0 Å². The quantitative estimate of drug-likeness (QED) is 0.0400. The van der Waals surface area contributed by atoms with Crippen LogP contribution in [0.5, 0.6) is 0 Å². The van der Waals surface area contributed by atoms with E-state index in [1.54, 1.807) is 24.3 Å². The minimum atomic E-state index is -1.27. The Kier molecular flexibility index (Phi) is 18.0. The van der Waals surface area contributed by atoms with E-state index in [-0.39, 0.29) is 34.8 Å². The maximum atomic E-state index is 13.5. The average Bonchev–Trinajstić information content (AvgIpc) is 3.20. The van der Waals surface area contributed by atoms with Gasteiger partial charge in [-0.05, 0) is 111 Å². The second kappa shape index (κ2) is 22.6. The molecule has 2 saturated carbocycles. The van der Waals surface area contributed by atoms with E-state index in [0.29, 0.717) is 48.9 Å². The summed E-state index contributed by atoms with van der Waals surface area (Å²) in [6.45, 7) is 9.44. The Hall–Kier alpha value is -3.54. The van der Waals surface area contributed by atoms with Crippen molar-refractivity contribution in [3.8, 4) is 0 Å². The fraction of sp³-hybridized carbons (Fsp3) is 0.595. The summed E-state index contributed by atoms with van der Waals surface area (Å²) in [5.41, 5.74) is 1.46. The van der Waals surface area contributed by atoms with Crippen LogP contribution in [0.15, 0.2) is 68.6 Å². The summed E-state index contributed by atoms with van der Waals surface area (Å²) >= 11 is 1.51. The van der Waals surface area contributed by atoms with Crippen molar-refractivity contribution in [2.45, 2.75) is 134 Å². The number of aliphatic hydroxyl groups is 1. The standard InChI is InChI=1S/C42H60N4O6S/c1-5-29(3)25-37(45-51-41(49)43-27-31-13-9-7-10-14-31)39(47)33-17-21-35(22-18-33)53-36-23-19-34(20-24-36)40(48)38(26-30(4)6-2)46-52-42(50)44-28-32-15-11-8-12-16-32/h17-24,29-32,41,43,49H,5-16,25-28H2,1-4H3,(H,44,50)/b45-37+,46-38+. The van der Waals surface area contributed by atoms with Gasteiger partial charge in [-0.3, -0.25) is 19.7 Å². The number of Topliss-reactive ketones (excluding diaryl/α,β-unsaturated/α-hetero) is 2. The third kappa shape index (κ3) is 14.7. The summed E-state index contributed by atoms with van der Waals surface area (Å²) in [6.07, 6.45) is 12.5. The number of rotatable bonds is 20. The number of ketones is 2. The molecule has 0 aliphatic heterocycles. The molecule has 2 aliphatic rings. The van der Waals surface area contributed by atoms with Crippen LogP contribution in [0.1, 0.15) is 138 Å². The fourth-order valence-electron chi connectivity index (χ4n) is 6.67. The summed E-state index contributed by atoms with van der Waals surface area (Å²) in [7, 11) is 0. The Labute approximate surface area is 320 Å². The molecule has 1 amide bonds. The molecule has 0 aromatic heterocycles. The lowest BCUT2D eigenvalue weighted by Crippen LogP contribution is -2.35. The fourth-order valence-corrected chi connectivity index (χ4v) is 7.48. The summed E-state index contributed by atoms with van der Waals surface area (Å²) < 4.78 is 0. The first kappa shape index (κ1) is 42.2. The molecule has 10 nitrogen and oxygen atoms in total. The van der Waals surface area contributed by atoms with Crippen molar-refractivity contribution in [1.82, 2.24) is 10.6 Å². The molecule has 0 saturated heterocycles. The van der Waals surface area contributed by atoms with Gasteiger partial charge in [0.15, 0.2) is 0 Å². The molecule has 2 fully saturated rings. The molecule has 11 heteroatoms. The number of hydrogen-bond acceptors (Lipinski definition) is 10. The Morgan fingerprint density at radius 1 is 0.717 bits per heavy atom. The molecular formula is C42H60N4O6S. The predicted molar refractivity (Wildman–Crippen MR) is 211 cm³/mol. The van der Waals surface area contributed by atoms with Crippen molar-refractivity contribution < 1.29 is 29.2 Å². The first-order valence-corrected chi connectivity index (χ1v) is 20.6. The van der Waals surface area contributed by atoms with Crippen molar-refractivity contribution >= 4 is 40.8 Å². The normalized spacial score (nSPS) is 17.8.